The third-order valence-corrected chi connectivity index (χ3v) is 3.64. The molecule has 0 bridgehead atoms. The van der Waals surface area contributed by atoms with Gasteiger partial charge in [0.25, 0.3) is 0 Å². The molecule has 0 saturated heterocycles. The minimum absolute atomic E-state index is 0. The Balaban J connectivity index is 0.00000529. The SMILES string of the molecule is CCOC(=O)c1c(C)cc(OCC(O)CN(CC)CC)nc1C.Cl. The van der Waals surface area contributed by atoms with Crippen LogP contribution in [0.5, 0.6) is 5.88 Å². The number of aliphatic hydroxyl groups excluding tert-OH is 1. The molecule has 0 spiro atoms. The molecule has 0 saturated carbocycles. The normalized spacial score (nSPS) is 11.8. The molecule has 1 aromatic heterocycles. The highest BCUT2D eigenvalue weighted by Gasteiger charge is 2.17. The summed E-state index contributed by atoms with van der Waals surface area (Å²) < 4.78 is 10.6. The smallest absolute Gasteiger partial charge is 0.340 e. The number of carbonyl (C=O) groups excluding carboxylic acids is 1. The number of rotatable bonds is 9. The van der Waals surface area contributed by atoms with E-state index >= 15 is 0 Å². The Morgan fingerprint density at radius 1 is 1.29 bits per heavy atom. The van der Waals surface area contributed by atoms with Crippen molar-refractivity contribution in [1.82, 2.24) is 9.88 Å². The van der Waals surface area contributed by atoms with Crippen LogP contribution in [-0.2, 0) is 4.74 Å². The van der Waals surface area contributed by atoms with Gasteiger partial charge in [0.2, 0.25) is 5.88 Å². The number of pyridine rings is 1. The predicted molar refractivity (Wildman–Crippen MR) is 96.2 cm³/mol. The molecule has 7 heteroatoms. The maximum absolute atomic E-state index is 11.9. The number of hydrogen-bond donors (Lipinski definition) is 1. The fraction of sp³-hybridized carbons (Fsp3) is 0.647. The van der Waals surface area contributed by atoms with Gasteiger partial charge in [-0.3, -0.25) is 0 Å². The lowest BCUT2D eigenvalue weighted by atomic mass is 10.1. The van der Waals surface area contributed by atoms with Crippen molar-refractivity contribution < 1.29 is 19.4 Å². The second-order valence-corrected chi connectivity index (χ2v) is 5.41. The summed E-state index contributed by atoms with van der Waals surface area (Å²) in [6.45, 7) is 12.3. The first-order chi connectivity index (χ1) is 10.9. The van der Waals surface area contributed by atoms with Crippen molar-refractivity contribution in [3.8, 4) is 5.88 Å². The van der Waals surface area contributed by atoms with E-state index in [0.29, 0.717) is 30.3 Å². The zero-order valence-electron chi connectivity index (χ0n) is 15.2. The van der Waals surface area contributed by atoms with E-state index in [9.17, 15) is 9.90 Å². The lowest BCUT2D eigenvalue weighted by Gasteiger charge is -2.22. The van der Waals surface area contributed by atoms with Crippen LogP contribution in [0.1, 0.15) is 42.4 Å². The monoisotopic (exact) mass is 360 g/mol. The Bertz CT molecular complexity index is 498. The number of aliphatic hydroxyl groups is 1. The summed E-state index contributed by atoms with van der Waals surface area (Å²) in [7, 11) is 0. The number of aryl methyl sites for hydroxylation is 2. The first-order valence-corrected chi connectivity index (χ1v) is 8.11. The van der Waals surface area contributed by atoms with Crippen LogP contribution >= 0.6 is 12.4 Å². The molecule has 6 nitrogen and oxygen atoms in total. The van der Waals surface area contributed by atoms with Crippen LogP contribution in [-0.4, -0.2) is 59.9 Å². The van der Waals surface area contributed by atoms with Crippen molar-refractivity contribution >= 4 is 18.4 Å². The van der Waals surface area contributed by atoms with Gasteiger partial charge in [-0.15, -0.1) is 12.4 Å². The fourth-order valence-corrected chi connectivity index (χ4v) is 2.40. The number of carbonyl (C=O) groups is 1. The molecule has 1 heterocycles. The summed E-state index contributed by atoms with van der Waals surface area (Å²) >= 11 is 0. The lowest BCUT2D eigenvalue weighted by Crippen LogP contribution is -2.35. The standard InChI is InChI=1S/C17H28N2O4.ClH/c1-6-19(7-2)10-14(20)11-23-15-9-12(4)16(13(5)18-15)17(21)22-8-3;/h9,14,20H,6-8,10-11H2,1-5H3;1H. The van der Waals surface area contributed by atoms with Crippen molar-refractivity contribution in [2.45, 2.75) is 40.7 Å². The van der Waals surface area contributed by atoms with E-state index in [-0.39, 0.29) is 25.0 Å². The van der Waals surface area contributed by atoms with E-state index in [1.807, 2.05) is 6.92 Å². The zero-order chi connectivity index (χ0) is 17.4. The Morgan fingerprint density at radius 3 is 2.42 bits per heavy atom. The van der Waals surface area contributed by atoms with Crippen LogP contribution in [0, 0.1) is 13.8 Å². The van der Waals surface area contributed by atoms with E-state index in [0.717, 1.165) is 18.7 Å². The molecule has 0 aliphatic rings. The van der Waals surface area contributed by atoms with E-state index in [2.05, 4.69) is 23.7 Å². The maximum Gasteiger partial charge on any atom is 0.340 e. The Morgan fingerprint density at radius 2 is 1.92 bits per heavy atom. The van der Waals surface area contributed by atoms with Crippen molar-refractivity contribution in [2.75, 3.05) is 32.8 Å². The Hall–Kier alpha value is -1.37. The van der Waals surface area contributed by atoms with Gasteiger partial charge in [0, 0.05) is 12.6 Å². The summed E-state index contributed by atoms with van der Waals surface area (Å²) in [5.41, 5.74) is 1.80. The summed E-state index contributed by atoms with van der Waals surface area (Å²) in [6.07, 6.45) is -0.581. The average molecular weight is 361 g/mol. The number of nitrogens with zero attached hydrogens (tertiary/aromatic N) is 2. The molecule has 0 radical (unpaired) electrons. The van der Waals surface area contributed by atoms with Crippen molar-refractivity contribution in [3.63, 3.8) is 0 Å². The Labute approximate surface area is 150 Å². The minimum atomic E-state index is -0.581. The molecule has 138 valence electrons. The number of hydrogen-bond acceptors (Lipinski definition) is 6. The number of esters is 1. The zero-order valence-corrected chi connectivity index (χ0v) is 16.0. The molecule has 1 rings (SSSR count). The molecular weight excluding hydrogens is 332 g/mol. The molecule has 1 unspecified atom stereocenters. The van der Waals surface area contributed by atoms with Gasteiger partial charge in [-0.05, 0) is 39.4 Å². The molecule has 24 heavy (non-hydrogen) atoms. The average Bonchev–Trinajstić information content (AvgIpc) is 2.50. The van der Waals surface area contributed by atoms with Gasteiger partial charge in [0.05, 0.1) is 17.9 Å². The van der Waals surface area contributed by atoms with Crippen molar-refractivity contribution in [3.05, 3.63) is 22.9 Å². The molecule has 0 fully saturated rings. The Kier molecular flexibility index (Phi) is 10.6. The first-order valence-electron chi connectivity index (χ1n) is 8.11. The maximum atomic E-state index is 11.9. The summed E-state index contributed by atoms with van der Waals surface area (Å²) in [6, 6.07) is 1.70. The molecular formula is C17H29ClN2O4. The summed E-state index contributed by atoms with van der Waals surface area (Å²) in [4.78, 5) is 18.3. The second-order valence-electron chi connectivity index (χ2n) is 5.41. The highest BCUT2D eigenvalue weighted by Crippen LogP contribution is 2.19. The van der Waals surface area contributed by atoms with Gasteiger partial charge >= 0.3 is 5.97 Å². The van der Waals surface area contributed by atoms with Gasteiger partial charge in [0.1, 0.15) is 12.7 Å². The summed E-state index contributed by atoms with van der Waals surface area (Å²) in [5, 5.41) is 10.0. The third kappa shape index (κ3) is 6.63. The van der Waals surface area contributed by atoms with Crippen LogP contribution in [0.15, 0.2) is 6.07 Å². The molecule has 0 aliphatic heterocycles. The lowest BCUT2D eigenvalue weighted by molar-refractivity contribution is 0.0523. The van der Waals surface area contributed by atoms with Crippen LogP contribution in [0.3, 0.4) is 0 Å². The van der Waals surface area contributed by atoms with E-state index in [1.165, 1.54) is 0 Å². The largest absolute Gasteiger partial charge is 0.475 e. The number of halogens is 1. The number of likely N-dealkylation sites (N-methyl/N-ethyl adjacent to an activating group) is 1. The topological polar surface area (TPSA) is 71.9 Å². The van der Waals surface area contributed by atoms with E-state index in [1.54, 1.807) is 19.9 Å². The van der Waals surface area contributed by atoms with Crippen molar-refractivity contribution in [1.29, 1.82) is 0 Å². The molecule has 0 amide bonds. The van der Waals surface area contributed by atoms with Gasteiger partial charge < -0.3 is 19.5 Å². The molecule has 0 aromatic carbocycles. The molecule has 1 N–H and O–H groups in total. The molecule has 1 atom stereocenters. The number of ether oxygens (including phenoxy) is 2. The van der Waals surface area contributed by atoms with Crippen LogP contribution in [0.25, 0.3) is 0 Å². The first kappa shape index (κ1) is 22.6. The third-order valence-electron chi connectivity index (χ3n) is 3.64. The van der Waals surface area contributed by atoms with Gasteiger partial charge in [-0.1, -0.05) is 13.8 Å². The van der Waals surface area contributed by atoms with Crippen LogP contribution < -0.4 is 4.74 Å². The van der Waals surface area contributed by atoms with Gasteiger partial charge in [-0.2, -0.15) is 0 Å². The second kappa shape index (κ2) is 11.2. The highest BCUT2D eigenvalue weighted by atomic mass is 35.5. The quantitative estimate of drug-likeness (QED) is 0.682. The van der Waals surface area contributed by atoms with E-state index in [4.69, 9.17) is 9.47 Å². The molecule has 0 aliphatic carbocycles. The van der Waals surface area contributed by atoms with Crippen LogP contribution in [0.2, 0.25) is 0 Å². The summed E-state index contributed by atoms with van der Waals surface area (Å²) in [5.74, 6) is 0.0368. The number of aromatic nitrogens is 1. The predicted octanol–water partition coefficient (Wildman–Crippen LogP) is 2.38. The fourth-order valence-electron chi connectivity index (χ4n) is 2.40. The van der Waals surface area contributed by atoms with Crippen molar-refractivity contribution in [2.24, 2.45) is 0 Å². The highest BCUT2D eigenvalue weighted by molar-refractivity contribution is 5.92. The molecule has 1 aromatic rings. The minimum Gasteiger partial charge on any atom is -0.475 e. The van der Waals surface area contributed by atoms with Gasteiger partial charge in [0.15, 0.2) is 0 Å². The van der Waals surface area contributed by atoms with Gasteiger partial charge in [-0.25, -0.2) is 9.78 Å². The van der Waals surface area contributed by atoms with E-state index < -0.39 is 6.10 Å². The van der Waals surface area contributed by atoms with Crippen LogP contribution in [0.4, 0.5) is 0 Å².